The van der Waals surface area contributed by atoms with Crippen LogP contribution in [0, 0.1) is 24.0 Å². The van der Waals surface area contributed by atoms with Crippen LogP contribution in [-0.2, 0) is 4.79 Å². The highest BCUT2D eigenvalue weighted by Gasteiger charge is 2.23. The second-order valence-corrected chi connectivity index (χ2v) is 6.03. The molecule has 0 fully saturated rings. The van der Waals surface area contributed by atoms with Crippen molar-refractivity contribution in [1.82, 2.24) is 10.3 Å². The molecule has 1 unspecified atom stereocenters. The van der Waals surface area contributed by atoms with Crippen molar-refractivity contribution in [3.05, 3.63) is 63.5 Å². The third kappa shape index (κ3) is 4.53. The van der Waals surface area contributed by atoms with Gasteiger partial charge in [0.25, 0.3) is 5.69 Å². The van der Waals surface area contributed by atoms with Crippen molar-refractivity contribution in [2.45, 2.75) is 19.8 Å². The van der Waals surface area contributed by atoms with Gasteiger partial charge in [0, 0.05) is 44.2 Å². The zero-order valence-corrected chi connectivity index (χ0v) is 14.8. The molecule has 1 aromatic heterocycles. The molecule has 1 aromatic carbocycles. The second-order valence-electron chi connectivity index (χ2n) is 6.03. The predicted octanol–water partition coefficient (Wildman–Crippen LogP) is 2.57. The smallest absolute Gasteiger partial charge is 0.269 e. The number of hydrogen-bond donors (Lipinski definition) is 1. The van der Waals surface area contributed by atoms with Crippen LogP contribution in [0.5, 0.6) is 0 Å². The number of benzene rings is 1. The van der Waals surface area contributed by atoms with Crippen molar-refractivity contribution >= 4 is 17.3 Å². The van der Waals surface area contributed by atoms with Crippen molar-refractivity contribution in [2.75, 3.05) is 25.5 Å². The molecular weight excluding hydrogens is 320 g/mol. The van der Waals surface area contributed by atoms with Gasteiger partial charge in [-0.05, 0) is 43.7 Å². The summed E-state index contributed by atoms with van der Waals surface area (Å²) in [5, 5.41) is 13.5. The zero-order chi connectivity index (χ0) is 18.6. The van der Waals surface area contributed by atoms with Gasteiger partial charge in [0.05, 0.1) is 16.5 Å². The van der Waals surface area contributed by atoms with Gasteiger partial charge in [-0.15, -0.1) is 0 Å². The molecule has 1 amide bonds. The Kier molecular flexibility index (Phi) is 5.69. The van der Waals surface area contributed by atoms with Crippen LogP contribution in [0.25, 0.3) is 0 Å². The number of anilines is 1. The number of carbonyl (C=O) groups is 1. The summed E-state index contributed by atoms with van der Waals surface area (Å²) in [5.41, 5.74) is 3.46. The number of aromatic nitrogens is 1. The Hall–Kier alpha value is -2.96. The Labute approximate surface area is 146 Å². The topological polar surface area (TPSA) is 88.4 Å². The molecule has 0 saturated carbocycles. The van der Waals surface area contributed by atoms with Gasteiger partial charge >= 0.3 is 0 Å². The number of likely N-dealkylation sites (N-methyl/N-ethyl adjacent to an activating group) is 2. The molecule has 25 heavy (non-hydrogen) atoms. The lowest BCUT2D eigenvalue weighted by atomic mass is 10.0. The van der Waals surface area contributed by atoms with Gasteiger partial charge in [-0.2, -0.15) is 0 Å². The monoisotopic (exact) mass is 342 g/mol. The highest BCUT2D eigenvalue weighted by Crippen LogP contribution is 2.23. The van der Waals surface area contributed by atoms with E-state index >= 15 is 0 Å². The summed E-state index contributed by atoms with van der Waals surface area (Å²) in [6.07, 6.45) is 0. The maximum absolute atomic E-state index is 12.4. The first-order chi connectivity index (χ1) is 11.8. The van der Waals surface area contributed by atoms with E-state index < -0.39 is 10.8 Å². The maximum atomic E-state index is 12.4. The molecular formula is C18H22N4O3. The third-order valence-corrected chi connectivity index (χ3v) is 4.00. The van der Waals surface area contributed by atoms with Gasteiger partial charge in [-0.1, -0.05) is 0 Å². The molecule has 0 aliphatic heterocycles. The normalized spacial score (nSPS) is 11.7. The van der Waals surface area contributed by atoms with Crippen molar-refractivity contribution < 1.29 is 9.72 Å². The van der Waals surface area contributed by atoms with Gasteiger partial charge in [-0.3, -0.25) is 19.9 Å². The summed E-state index contributed by atoms with van der Waals surface area (Å²) in [6.45, 7) is 4.28. The van der Waals surface area contributed by atoms with Crippen LogP contribution in [0.15, 0.2) is 36.4 Å². The van der Waals surface area contributed by atoms with E-state index in [-0.39, 0.29) is 11.6 Å². The summed E-state index contributed by atoms with van der Waals surface area (Å²) in [6, 6.07) is 10.1. The Balaban J connectivity index is 2.27. The lowest BCUT2D eigenvalue weighted by molar-refractivity contribution is -0.384. The summed E-state index contributed by atoms with van der Waals surface area (Å²) >= 11 is 0. The SMILES string of the molecule is CNC(=O)C(CN(C)c1ccc([N+](=O)[O-])cc1)c1cc(C)cc(C)n1. The van der Waals surface area contributed by atoms with Gasteiger partial charge in [0.2, 0.25) is 5.91 Å². The fraction of sp³-hybridized carbons (Fsp3) is 0.333. The van der Waals surface area contributed by atoms with Crippen LogP contribution in [-0.4, -0.2) is 36.5 Å². The first-order valence-corrected chi connectivity index (χ1v) is 7.94. The molecule has 0 saturated heterocycles. The number of amides is 1. The number of pyridine rings is 1. The van der Waals surface area contributed by atoms with Crippen LogP contribution in [0.3, 0.4) is 0 Å². The van der Waals surface area contributed by atoms with E-state index in [9.17, 15) is 14.9 Å². The number of nitro groups is 1. The molecule has 0 radical (unpaired) electrons. The van der Waals surface area contributed by atoms with E-state index in [0.29, 0.717) is 12.2 Å². The molecule has 1 N–H and O–H groups in total. The van der Waals surface area contributed by atoms with E-state index in [1.165, 1.54) is 12.1 Å². The number of nitrogens with one attached hydrogen (secondary N) is 1. The third-order valence-electron chi connectivity index (χ3n) is 4.00. The maximum Gasteiger partial charge on any atom is 0.269 e. The second kappa shape index (κ2) is 7.74. The minimum absolute atomic E-state index is 0.0379. The first-order valence-electron chi connectivity index (χ1n) is 7.94. The number of rotatable bonds is 6. The predicted molar refractivity (Wildman–Crippen MR) is 96.9 cm³/mol. The van der Waals surface area contributed by atoms with Crippen LogP contribution >= 0.6 is 0 Å². The Morgan fingerprint density at radius 3 is 2.44 bits per heavy atom. The summed E-state index contributed by atoms with van der Waals surface area (Å²) in [5.74, 6) is -0.560. The van der Waals surface area contributed by atoms with E-state index in [1.54, 1.807) is 19.2 Å². The lowest BCUT2D eigenvalue weighted by Crippen LogP contribution is -2.35. The molecule has 0 bridgehead atoms. The van der Waals surface area contributed by atoms with Crippen molar-refractivity contribution in [3.63, 3.8) is 0 Å². The molecule has 132 valence electrons. The highest BCUT2D eigenvalue weighted by molar-refractivity contribution is 5.83. The van der Waals surface area contributed by atoms with E-state index in [1.807, 2.05) is 37.9 Å². The lowest BCUT2D eigenvalue weighted by Gasteiger charge is -2.25. The fourth-order valence-electron chi connectivity index (χ4n) is 2.74. The van der Waals surface area contributed by atoms with Crippen LogP contribution in [0.4, 0.5) is 11.4 Å². The number of carbonyl (C=O) groups excluding carboxylic acids is 1. The molecule has 7 heteroatoms. The number of hydrogen-bond acceptors (Lipinski definition) is 5. The molecule has 0 aliphatic carbocycles. The standard InChI is InChI=1S/C18H22N4O3/c1-12-9-13(2)20-17(10-12)16(18(23)19-3)11-21(4)14-5-7-15(8-6-14)22(24)25/h5-10,16H,11H2,1-4H3,(H,19,23). The van der Waals surface area contributed by atoms with Gasteiger partial charge in [0.1, 0.15) is 0 Å². The zero-order valence-electron chi connectivity index (χ0n) is 14.8. The van der Waals surface area contributed by atoms with Gasteiger partial charge in [0.15, 0.2) is 0 Å². The number of nitrogens with zero attached hydrogens (tertiary/aromatic N) is 3. The molecule has 2 aromatic rings. The Morgan fingerprint density at radius 2 is 1.92 bits per heavy atom. The van der Waals surface area contributed by atoms with Gasteiger partial charge < -0.3 is 10.2 Å². The average Bonchev–Trinajstić information content (AvgIpc) is 2.58. The van der Waals surface area contributed by atoms with Gasteiger partial charge in [-0.25, -0.2) is 0 Å². The largest absolute Gasteiger partial charge is 0.373 e. The molecule has 1 atom stereocenters. The summed E-state index contributed by atoms with van der Waals surface area (Å²) < 4.78 is 0. The first kappa shape index (κ1) is 18.4. The minimum atomic E-state index is -0.441. The molecule has 0 spiro atoms. The number of nitro benzene ring substituents is 1. The molecule has 7 nitrogen and oxygen atoms in total. The molecule has 2 rings (SSSR count). The minimum Gasteiger partial charge on any atom is -0.373 e. The Bertz CT molecular complexity index is 754. The van der Waals surface area contributed by atoms with Crippen molar-refractivity contribution in [1.29, 1.82) is 0 Å². The van der Waals surface area contributed by atoms with E-state index in [0.717, 1.165) is 16.9 Å². The van der Waals surface area contributed by atoms with Crippen molar-refractivity contribution in [2.24, 2.45) is 0 Å². The number of non-ortho nitro benzene ring substituents is 1. The van der Waals surface area contributed by atoms with Crippen LogP contribution < -0.4 is 10.2 Å². The van der Waals surface area contributed by atoms with Crippen LogP contribution in [0.2, 0.25) is 0 Å². The van der Waals surface area contributed by atoms with E-state index in [4.69, 9.17) is 0 Å². The van der Waals surface area contributed by atoms with Crippen molar-refractivity contribution in [3.8, 4) is 0 Å². The Morgan fingerprint density at radius 1 is 1.28 bits per heavy atom. The van der Waals surface area contributed by atoms with Crippen LogP contribution in [0.1, 0.15) is 22.9 Å². The summed E-state index contributed by atoms with van der Waals surface area (Å²) in [4.78, 5) is 29.1. The quantitative estimate of drug-likeness (QED) is 0.644. The molecule has 1 heterocycles. The molecule has 0 aliphatic rings. The average molecular weight is 342 g/mol. The highest BCUT2D eigenvalue weighted by atomic mass is 16.6. The summed E-state index contributed by atoms with van der Waals surface area (Å²) in [7, 11) is 3.45. The number of aryl methyl sites for hydroxylation is 2. The fourth-order valence-corrected chi connectivity index (χ4v) is 2.74. The van der Waals surface area contributed by atoms with E-state index in [2.05, 4.69) is 10.3 Å².